The van der Waals surface area contributed by atoms with Crippen LogP contribution in [0.5, 0.6) is 11.5 Å². The number of phenols is 1. The van der Waals surface area contributed by atoms with E-state index in [1.807, 2.05) is 36.4 Å². The molecule has 0 spiro atoms. The second-order valence-electron chi connectivity index (χ2n) is 5.94. The summed E-state index contributed by atoms with van der Waals surface area (Å²) in [6.07, 6.45) is 3.05. The quantitative estimate of drug-likeness (QED) is 0.405. The van der Waals surface area contributed by atoms with Crippen LogP contribution in [-0.2, 0) is 9.53 Å². The zero-order valence-electron chi connectivity index (χ0n) is 15.2. The molecule has 0 aliphatic rings. The molecule has 0 fully saturated rings. The van der Waals surface area contributed by atoms with Gasteiger partial charge in [-0.05, 0) is 59.2 Å². The molecule has 3 aromatic carbocycles. The maximum absolute atomic E-state index is 12.1. The average Bonchev–Trinajstić information content (AvgIpc) is 2.73. The average molecular weight is 374 g/mol. The molecule has 0 bridgehead atoms. The van der Waals surface area contributed by atoms with E-state index in [4.69, 9.17) is 4.74 Å². The van der Waals surface area contributed by atoms with Crippen LogP contribution in [0.1, 0.15) is 15.9 Å². The van der Waals surface area contributed by atoms with Crippen molar-refractivity contribution in [1.82, 2.24) is 0 Å². The number of rotatable bonds is 5. The van der Waals surface area contributed by atoms with Gasteiger partial charge in [-0.1, -0.05) is 36.4 Å². The van der Waals surface area contributed by atoms with Gasteiger partial charge in [-0.2, -0.15) is 0 Å². The van der Waals surface area contributed by atoms with Crippen LogP contribution in [-0.4, -0.2) is 24.2 Å². The maximum atomic E-state index is 12.1. The van der Waals surface area contributed by atoms with E-state index in [1.165, 1.54) is 37.5 Å². The molecule has 3 aromatic rings. The predicted molar refractivity (Wildman–Crippen MR) is 106 cm³/mol. The molecule has 0 aromatic heterocycles. The molecular formula is C23H18O5. The summed E-state index contributed by atoms with van der Waals surface area (Å²) in [5.41, 5.74) is 3.20. The van der Waals surface area contributed by atoms with Crippen LogP contribution in [0.3, 0.4) is 0 Å². The molecule has 5 nitrogen and oxygen atoms in total. The van der Waals surface area contributed by atoms with Crippen LogP contribution >= 0.6 is 0 Å². The lowest BCUT2D eigenvalue weighted by Gasteiger charge is -2.07. The van der Waals surface area contributed by atoms with E-state index in [-0.39, 0.29) is 5.75 Å². The van der Waals surface area contributed by atoms with E-state index in [0.29, 0.717) is 11.3 Å². The molecular weight excluding hydrogens is 356 g/mol. The molecule has 0 heterocycles. The van der Waals surface area contributed by atoms with Gasteiger partial charge in [-0.15, -0.1) is 0 Å². The lowest BCUT2D eigenvalue weighted by molar-refractivity contribution is -0.134. The second-order valence-corrected chi connectivity index (χ2v) is 5.94. The fourth-order valence-corrected chi connectivity index (χ4v) is 2.50. The van der Waals surface area contributed by atoms with Crippen molar-refractivity contribution >= 4 is 18.0 Å². The predicted octanol–water partition coefficient (Wildman–Crippen LogP) is 4.46. The SMILES string of the molecule is COC(=O)/C=C/c1ccc(-c2ccc(OC(=O)c3ccc(O)cc3)cc2)cc1. The zero-order chi connectivity index (χ0) is 19.9. The summed E-state index contributed by atoms with van der Waals surface area (Å²) in [5, 5.41) is 9.27. The highest BCUT2D eigenvalue weighted by Gasteiger charge is 2.08. The van der Waals surface area contributed by atoms with E-state index in [2.05, 4.69) is 4.74 Å². The van der Waals surface area contributed by atoms with E-state index in [0.717, 1.165) is 16.7 Å². The third-order valence-corrected chi connectivity index (χ3v) is 4.02. The standard InChI is InChI=1S/C23H18O5/c1-27-22(25)15-4-16-2-5-17(6-3-16)18-9-13-21(14-10-18)28-23(26)19-7-11-20(24)12-8-19/h2-15,24H,1H3/b15-4+. The van der Waals surface area contributed by atoms with Crippen molar-refractivity contribution in [3.05, 3.63) is 90.0 Å². The van der Waals surface area contributed by atoms with Gasteiger partial charge < -0.3 is 14.6 Å². The Hall–Kier alpha value is -3.86. The Labute approximate surface area is 162 Å². The van der Waals surface area contributed by atoms with Gasteiger partial charge in [0.25, 0.3) is 0 Å². The van der Waals surface area contributed by atoms with E-state index in [9.17, 15) is 14.7 Å². The normalized spacial score (nSPS) is 10.6. The van der Waals surface area contributed by atoms with Gasteiger partial charge in [0.05, 0.1) is 12.7 Å². The van der Waals surface area contributed by atoms with Crippen LogP contribution < -0.4 is 4.74 Å². The van der Waals surface area contributed by atoms with Crippen molar-refractivity contribution < 1.29 is 24.2 Å². The van der Waals surface area contributed by atoms with E-state index in [1.54, 1.807) is 18.2 Å². The van der Waals surface area contributed by atoms with Gasteiger partial charge in [-0.25, -0.2) is 9.59 Å². The molecule has 140 valence electrons. The summed E-state index contributed by atoms with van der Waals surface area (Å²) < 4.78 is 9.91. The van der Waals surface area contributed by atoms with E-state index >= 15 is 0 Å². The first-order chi connectivity index (χ1) is 13.5. The van der Waals surface area contributed by atoms with Crippen LogP contribution in [0.25, 0.3) is 17.2 Å². The van der Waals surface area contributed by atoms with Crippen LogP contribution in [0.4, 0.5) is 0 Å². The summed E-state index contributed by atoms with van der Waals surface area (Å²) in [6, 6.07) is 20.7. The highest BCUT2D eigenvalue weighted by atomic mass is 16.5. The monoisotopic (exact) mass is 374 g/mol. The summed E-state index contributed by atoms with van der Waals surface area (Å²) in [4.78, 5) is 23.2. The van der Waals surface area contributed by atoms with Crippen LogP contribution in [0.2, 0.25) is 0 Å². The van der Waals surface area contributed by atoms with Crippen molar-refractivity contribution in [1.29, 1.82) is 0 Å². The molecule has 0 amide bonds. The van der Waals surface area contributed by atoms with Crippen molar-refractivity contribution in [2.75, 3.05) is 7.11 Å². The summed E-state index contributed by atoms with van der Waals surface area (Å²) in [7, 11) is 1.33. The Balaban J connectivity index is 1.67. The smallest absolute Gasteiger partial charge is 0.343 e. The molecule has 0 aliphatic carbocycles. The first kappa shape index (κ1) is 18.9. The number of aromatic hydroxyl groups is 1. The molecule has 5 heteroatoms. The third kappa shape index (κ3) is 4.86. The van der Waals surface area contributed by atoms with Crippen molar-refractivity contribution in [3.63, 3.8) is 0 Å². The molecule has 0 unspecified atom stereocenters. The Morgan fingerprint density at radius 2 is 1.39 bits per heavy atom. The van der Waals surface area contributed by atoms with E-state index < -0.39 is 11.9 Å². The molecule has 0 radical (unpaired) electrons. The fourth-order valence-electron chi connectivity index (χ4n) is 2.50. The van der Waals surface area contributed by atoms with Gasteiger partial charge in [0.1, 0.15) is 11.5 Å². The molecule has 0 atom stereocenters. The largest absolute Gasteiger partial charge is 0.508 e. The van der Waals surface area contributed by atoms with Crippen molar-refractivity contribution in [3.8, 4) is 22.6 Å². The lowest BCUT2D eigenvalue weighted by Crippen LogP contribution is -2.07. The zero-order valence-corrected chi connectivity index (χ0v) is 15.2. The molecule has 1 N–H and O–H groups in total. The number of carbonyl (C=O) groups is 2. The topological polar surface area (TPSA) is 72.8 Å². The highest BCUT2D eigenvalue weighted by Crippen LogP contribution is 2.24. The van der Waals surface area contributed by atoms with Crippen molar-refractivity contribution in [2.45, 2.75) is 0 Å². The minimum Gasteiger partial charge on any atom is -0.508 e. The highest BCUT2D eigenvalue weighted by molar-refractivity contribution is 5.91. The number of methoxy groups -OCH3 is 1. The summed E-state index contributed by atoms with van der Waals surface area (Å²) >= 11 is 0. The molecule has 0 aliphatic heterocycles. The van der Waals surface area contributed by atoms with Gasteiger partial charge in [-0.3, -0.25) is 0 Å². The first-order valence-corrected chi connectivity index (χ1v) is 8.53. The summed E-state index contributed by atoms with van der Waals surface area (Å²) in [5.74, 6) is -0.372. The summed E-state index contributed by atoms with van der Waals surface area (Å²) in [6.45, 7) is 0. The molecule has 3 rings (SSSR count). The molecule has 28 heavy (non-hydrogen) atoms. The second kappa shape index (κ2) is 8.68. The van der Waals surface area contributed by atoms with Gasteiger partial charge in [0.2, 0.25) is 0 Å². The number of phenolic OH excluding ortho intramolecular Hbond substituents is 1. The minimum atomic E-state index is -0.491. The Morgan fingerprint density at radius 3 is 1.96 bits per heavy atom. The Kier molecular flexibility index (Phi) is 5.87. The third-order valence-electron chi connectivity index (χ3n) is 4.02. The Bertz CT molecular complexity index is 985. The fraction of sp³-hybridized carbons (Fsp3) is 0.0435. The first-order valence-electron chi connectivity index (χ1n) is 8.53. The molecule has 0 saturated heterocycles. The number of hydrogen-bond donors (Lipinski definition) is 1. The number of ether oxygens (including phenoxy) is 2. The maximum Gasteiger partial charge on any atom is 0.343 e. The van der Waals surface area contributed by atoms with Gasteiger partial charge in [0.15, 0.2) is 0 Å². The van der Waals surface area contributed by atoms with Crippen LogP contribution in [0, 0.1) is 0 Å². The van der Waals surface area contributed by atoms with Gasteiger partial charge >= 0.3 is 11.9 Å². The number of carbonyl (C=O) groups excluding carboxylic acids is 2. The minimum absolute atomic E-state index is 0.0905. The Morgan fingerprint density at radius 1 is 0.821 bits per heavy atom. The van der Waals surface area contributed by atoms with Crippen LogP contribution in [0.15, 0.2) is 78.9 Å². The number of esters is 2. The van der Waals surface area contributed by atoms with Gasteiger partial charge in [0, 0.05) is 6.08 Å². The lowest BCUT2D eigenvalue weighted by atomic mass is 10.0. The number of benzene rings is 3. The van der Waals surface area contributed by atoms with Crippen molar-refractivity contribution in [2.24, 2.45) is 0 Å². The number of hydrogen-bond acceptors (Lipinski definition) is 5. The molecule has 0 saturated carbocycles.